The van der Waals surface area contributed by atoms with E-state index in [9.17, 15) is 0 Å². The number of hydrogen-bond donors (Lipinski definition) is 1. The molecule has 20 heavy (non-hydrogen) atoms. The SMILES string of the molecule is CN(C)c1ccc2c(c1)SC1CC(=[N+](C)C)CCC1N2. The van der Waals surface area contributed by atoms with E-state index >= 15 is 0 Å². The number of rotatable bonds is 1. The van der Waals surface area contributed by atoms with Crippen LogP contribution in [0.5, 0.6) is 0 Å². The normalized spacial score (nSPS) is 24.5. The van der Waals surface area contributed by atoms with Gasteiger partial charge in [0.15, 0.2) is 5.71 Å². The number of hydrogen-bond acceptors (Lipinski definition) is 3. The summed E-state index contributed by atoms with van der Waals surface area (Å²) in [5, 5.41) is 4.43. The van der Waals surface area contributed by atoms with Crippen LogP contribution in [-0.2, 0) is 0 Å². The molecule has 0 radical (unpaired) electrons. The maximum absolute atomic E-state index is 3.75. The van der Waals surface area contributed by atoms with E-state index in [-0.39, 0.29) is 0 Å². The van der Waals surface area contributed by atoms with Crippen LogP contribution in [0.15, 0.2) is 23.1 Å². The summed E-state index contributed by atoms with van der Waals surface area (Å²) in [6.07, 6.45) is 3.69. The summed E-state index contributed by atoms with van der Waals surface area (Å²) in [4.78, 5) is 3.57. The van der Waals surface area contributed by atoms with Gasteiger partial charge in [0.1, 0.15) is 14.1 Å². The van der Waals surface area contributed by atoms with E-state index in [0.717, 1.165) is 0 Å². The van der Waals surface area contributed by atoms with Gasteiger partial charge >= 0.3 is 0 Å². The van der Waals surface area contributed by atoms with Crippen molar-refractivity contribution >= 4 is 28.8 Å². The molecule has 1 aromatic rings. The Morgan fingerprint density at radius 3 is 2.80 bits per heavy atom. The molecule has 108 valence electrons. The fraction of sp³-hybridized carbons (Fsp3) is 0.562. The van der Waals surface area contributed by atoms with Gasteiger partial charge in [-0.15, -0.1) is 11.8 Å². The highest BCUT2D eigenvalue weighted by Gasteiger charge is 2.35. The molecular weight excluding hydrogens is 266 g/mol. The summed E-state index contributed by atoms with van der Waals surface area (Å²) in [5.74, 6) is 0. The minimum atomic E-state index is 0.626. The number of nitrogens with one attached hydrogen (secondary N) is 1. The van der Waals surface area contributed by atoms with Crippen molar-refractivity contribution in [3.63, 3.8) is 0 Å². The lowest BCUT2D eigenvalue weighted by atomic mass is 9.92. The largest absolute Gasteiger partial charge is 0.380 e. The average molecular weight is 290 g/mol. The molecule has 3 nitrogen and oxygen atoms in total. The van der Waals surface area contributed by atoms with Gasteiger partial charge in [-0.25, -0.2) is 4.58 Å². The molecule has 1 aliphatic carbocycles. The minimum absolute atomic E-state index is 0.626. The highest BCUT2D eigenvalue weighted by molar-refractivity contribution is 8.00. The molecule has 3 rings (SSSR count). The van der Waals surface area contributed by atoms with Gasteiger partial charge in [0.2, 0.25) is 0 Å². The van der Waals surface area contributed by atoms with Crippen LogP contribution in [0, 0.1) is 0 Å². The maximum Gasteiger partial charge on any atom is 0.153 e. The fourth-order valence-corrected chi connectivity index (χ4v) is 4.46. The molecule has 1 fully saturated rings. The van der Waals surface area contributed by atoms with Crippen LogP contribution in [0.25, 0.3) is 0 Å². The summed E-state index contributed by atoms with van der Waals surface area (Å²) in [5.41, 5.74) is 4.19. The fourth-order valence-electron chi connectivity index (χ4n) is 3.05. The molecule has 2 unspecified atom stereocenters. The van der Waals surface area contributed by atoms with E-state index in [2.05, 4.69) is 72.9 Å². The van der Waals surface area contributed by atoms with Crippen LogP contribution in [-0.4, -0.2) is 49.8 Å². The van der Waals surface area contributed by atoms with Crippen molar-refractivity contribution in [1.82, 2.24) is 0 Å². The molecule has 1 aliphatic heterocycles. The Balaban J connectivity index is 1.86. The van der Waals surface area contributed by atoms with Crippen molar-refractivity contribution in [2.75, 3.05) is 38.4 Å². The Morgan fingerprint density at radius 2 is 2.10 bits per heavy atom. The van der Waals surface area contributed by atoms with E-state index in [1.54, 1.807) is 5.71 Å². The van der Waals surface area contributed by atoms with Crippen LogP contribution in [0.4, 0.5) is 11.4 Å². The number of anilines is 2. The summed E-state index contributed by atoms with van der Waals surface area (Å²) in [7, 11) is 8.55. The summed E-state index contributed by atoms with van der Waals surface area (Å²) >= 11 is 2.06. The van der Waals surface area contributed by atoms with E-state index in [1.165, 1.54) is 35.5 Å². The third kappa shape index (κ3) is 2.53. The van der Waals surface area contributed by atoms with Crippen molar-refractivity contribution in [3.05, 3.63) is 18.2 Å². The first kappa shape index (κ1) is 13.8. The van der Waals surface area contributed by atoms with Gasteiger partial charge in [0.05, 0.1) is 0 Å². The number of benzene rings is 1. The minimum Gasteiger partial charge on any atom is -0.380 e. The molecule has 2 atom stereocenters. The third-order valence-electron chi connectivity index (χ3n) is 4.36. The Morgan fingerprint density at radius 1 is 1.30 bits per heavy atom. The predicted molar refractivity (Wildman–Crippen MR) is 88.8 cm³/mol. The van der Waals surface area contributed by atoms with Crippen molar-refractivity contribution in [2.45, 2.75) is 35.4 Å². The number of nitrogens with zero attached hydrogens (tertiary/aromatic N) is 2. The summed E-state index contributed by atoms with van der Waals surface area (Å²) in [6.45, 7) is 0. The number of thioether (sulfide) groups is 1. The first-order valence-electron chi connectivity index (χ1n) is 7.31. The van der Waals surface area contributed by atoms with Crippen LogP contribution >= 0.6 is 11.8 Å². The topological polar surface area (TPSA) is 18.3 Å². The van der Waals surface area contributed by atoms with Crippen molar-refractivity contribution < 1.29 is 4.58 Å². The van der Waals surface area contributed by atoms with Crippen molar-refractivity contribution in [2.24, 2.45) is 0 Å². The molecule has 4 heteroatoms. The molecule has 1 N–H and O–H groups in total. The predicted octanol–water partition coefficient (Wildman–Crippen LogP) is 2.90. The van der Waals surface area contributed by atoms with Gasteiger partial charge in [-0.1, -0.05) is 0 Å². The lowest BCUT2D eigenvalue weighted by Crippen LogP contribution is -2.41. The second-order valence-electron chi connectivity index (χ2n) is 6.19. The van der Waals surface area contributed by atoms with Crippen molar-refractivity contribution in [3.8, 4) is 0 Å². The Kier molecular flexibility index (Phi) is 3.67. The second kappa shape index (κ2) is 5.32. The van der Waals surface area contributed by atoms with Crippen LogP contribution in [0.1, 0.15) is 19.3 Å². The number of fused-ring (bicyclic) bond motifs is 2. The quantitative estimate of drug-likeness (QED) is 0.802. The Hall–Kier alpha value is -1.16. The lowest BCUT2D eigenvalue weighted by Gasteiger charge is -2.37. The van der Waals surface area contributed by atoms with E-state index in [4.69, 9.17) is 0 Å². The first-order valence-corrected chi connectivity index (χ1v) is 8.19. The van der Waals surface area contributed by atoms with Crippen LogP contribution in [0.3, 0.4) is 0 Å². The lowest BCUT2D eigenvalue weighted by molar-refractivity contribution is -0.467. The summed E-state index contributed by atoms with van der Waals surface area (Å²) in [6, 6.07) is 7.38. The van der Waals surface area contributed by atoms with Gasteiger partial charge in [-0.2, -0.15) is 0 Å². The van der Waals surface area contributed by atoms with Crippen molar-refractivity contribution in [1.29, 1.82) is 0 Å². The third-order valence-corrected chi connectivity index (χ3v) is 5.75. The molecule has 1 saturated carbocycles. The van der Waals surface area contributed by atoms with E-state index < -0.39 is 0 Å². The standard InChI is InChI=1S/C16H24N3S/c1-18(2)11-5-7-13-15(9-11)20-16-10-12(19(3)4)6-8-14(16)17-13/h5,7,9,14,16-17H,6,8,10H2,1-4H3/q+1. The van der Waals surface area contributed by atoms with Gasteiger partial charge in [-0.3, -0.25) is 0 Å². The van der Waals surface area contributed by atoms with E-state index in [1.807, 2.05) is 0 Å². The molecule has 1 heterocycles. The Labute approximate surface area is 126 Å². The molecule has 0 bridgehead atoms. The average Bonchev–Trinajstić information content (AvgIpc) is 2.43. The maximum atomic E-state index is 3.75. The monoisotopic (exact) mass is 290 g/mol. The molecule has 0 spiro atoms. The highest BCUT2D eigenvalue weighted by atomic mass is 32.2. The smallest absolute Gasteiger partial charge is 0.153 e. The summed E-state index contributed by atoms with van der Waals surface area (Å²) < 4.78 is 2.31. The van der Waals surface area contributed by atoms with Gasteiger partial charge in [0.25, 0.3) is 0 Å². The molecule has 2 aliphatic rings. The molecular formula is C16H24N3S+. The van der Waals surface area contributed by atoms with Gasteiger partial charge in [0, 0.05) is 54.5 Å². The van der Waals surface area contributed by atoms with Crippen LogP contribution < -0.4 is 10.2 Å². The second-order valence-corrected chi connectivity index (χ2v) is 7.47. The van der Waals surface area contributed by atoms with Crippen LogP contribution in [0.2, 0.25) is 0 Å². The highest BCUT2D eigenvalue weighted by Crippen LogP contribution is 2.43. The molecule has 0 aromatic heterocycles. The molecule has 0 saturated heterocycles. The Bertz CT molecular complexity index is 547. The molecule has 0 amide bonds. The van der Waals surface area contributed by atoms with Gasteiger partial charge in [-0.05, 0) is 24.6 Å². The first-order chi connectivity index (χ1) is 9.54. The van der Waals surface area contributed by atoms with E-state index in [0.29, 0.717) is 11.3 Å². The zero-order valence-electron chi connectivity index (χ0n) is 12.8. The zero-order chi connectivity index (χ0) is 14.3. The molecule has 1 aromatic carbocycles. The van der Waals surface area contributed by atoms with Gasteiger partial charge < -0.3 is 10.2 Å². The zero-order valence-corrected chi connectivity index (χ0v) is 13.6.